The second kappa shape index (κ2) is 5.95. The van der Waals surface area contributed by atoms with E-state index >= 15 is 0 Å². The summed E-state index contributed by atoms with van der Waals surface area (Å²) >= 11 is 1.54. The zero-order valence-corrected chi connectivity index (χ0v) is 12.9. The van der Waals surface area contributed by atoms with E-state index in [4.69, 9.17) is 4.74 Å². The molecule has 0 spiro atoms. The van der Waals surface area contributed by atoms with Crippen molar-refractivity contribution in [2.75, 3.05) is 26.8 Å². The van der Waals surface area contributed by atoms with E-state index in [2.05, 4.69) is 15.2 Å². The molecular formula is C14H18N4O2S. The summed E-state index contributed by atoms with van der Waals surface area (Å²) < 4.78 is 5.30. The number of aromatic amines is 1. The van der Waals surface area contributed by atoms with Crippen molar-refractivity contribution in [2.45, 2.75) is 12.8 Å². The average molecular weight is 306 g/mol. The molecule has 0 unspecified atom stereocenters. The van der Waals surface area contributed by atoms with Gasteiger partial charge in [-0.1, -0.05) is 0 Å². The first-order valence-corrected chi connectivity index (χ1v) is 7.82. The van der Waals surface area contributed by atoms with Crippen molar-refractivity contribution < 1.29 is 9.53 Å². The molecule has 1 aliphatic rings. The number of aromatic nitrogens is 3. The van der Waals surface area contributed by atoms with E-state index < -0.39 is 0 Å². The monoisotopic (exact) mass is 306 g/mol. The number of carbonyl (C=O) groups excluding carboxylic acids is 1. The van der Waals surface area contributed by atoms with Crippen molar-refractivity contribution in [3.05, 3.63) is 34.0 Å². The van der Waals surface area contributed by atoms with Crippen molar-refractivity contribution in [1.82, 2.24) is 20.1 Å². The molecule has 2 aromatic rings. The van der Waals surface area contributed by atoms with Crippen molar-refractivity contribution in [1.29, 1.82) is 0 Å². The third-order valence-electron chi connectivity index (χ3n) is 3.82. The molecule has 0 bridgehead atoms. The topological polar surface area (TPSA) is 71.1 Å². The number of hydrogen-bond acceptors (Lipinski definition) is 5. The SMILES string of the molecule is COC[C@@H]1CN(C(=O)c2ccsc2)C[C@H]1c1n[nH]c(C)n1. The Hall–Kier alpha value is -1.73. The molecular weight excluding hydrogens is 288 g/mol. The summed E-state index contributed by atoms with van der Waals surface area (Å²) in [5, 5.41) is 10.9. The van der Waals surface area contributed by atoms with Crippen LogP contribution in [0.3, 0.4) is 0 Å². The number of likely N-dealkylation sites (tertiary alicyclic amines) is 1. The number of hydrogen-bond donors (Lipinski definition) is 1. The summed E-state index contributed by atoms with van der Waals surface area (Å²) in [7, 11) is 1.68. The second-order valence-corrected chi connectivity index (χ2v) is 6.10. The predicted octanol–water partition coefficient (Wildman–Crippen LogP) is 1.68. The van der Waals surface area contributed by atoms with Gasteiger partial charge in [0.25, 0.3) is 5.91 Å². The van der Waals surface area contributed by atoms with E-state index in [0.29, 0.717) is 19.7 Å². The molecule has 2 aromatic heterocycles. The van der Waals surface area contributed by atoms with E-state index in [1.807, 2.05) is 28.7 Å². The number of nitrogens with one attached hydrogen (secondary N) is 1. The van der Waals surface area contributed by atoms with Crippen LogP contribution in [0.25, 0.3) is 0 Å². The molecule has 3 heterocycles. The molecule has 112 valence electrons. The highest BCUT2D eigenvalue weighted by atomic mass is 32.1. The Morgan fingerprint density at radius 3 is 3.05 bits per heavy atom. The molecule has 21 heavy (non-hydrogen) atoms. The lowest BCUT2D eigenvalue weighted by Gasteiger charge is -2.15. The first-order chi connectivity index (χ1) is 10.2. The van der Waals surface area contributed by atoms with E-state index in [1.165, 1.54) is 11.3 Å². The normalized spacial score (nSPS) is 21.9. The van der Waals surface area contributed by atoms with Crippen LogP contribution in [0.4, 0.5) is 0 Å². The number of methoxy groups -OCH3 is 1. The van der Waals surface area contributed by atoms with Gasteiger partial charge in [0.05, 0.1) is 12.2 Å². The van der Waals surface area contributed by atoms with Crippen LogP contribution in [0.2, 0.25) is 0 Å². The Morgan fingerprint density at radius 2 is 2.43 bits per heavy atom. The molecule has 6 nitrogen and oxygen atoms in total. The minimum Gasteiger partial charge on any atom is -0.384 e. The van der Waals surface area contributed by atoms with Gasteiger partial charge in [0.2, 0.25) is 0 Å². The van der Waals surface area contributed by atoms with Crippen molar-refractivity contribution in [3.8, 4) is 0 Å². The maximum atomic E-state index is 12.5. The minimum absolute atomic E-state index is 0.0760. The molecule has 0 saturated carbocycles. The number of nitrogens with zero attached hydrogens (tertiary/aromatic N) is 3. The molecule has 1 saturated heterocycles. The largest absolute Gasteiger partial charge is 0.384 e. The first kappa shape index (κ1) is 14.2. The summed E-state index contributed by atoms with van der Waals surface area (Å²) in [5.41, 5.74) is 0.753. The van der Waals surface area contributed by atoms with E-state index in [-0.39, 0.29) is 17.7 Å². The summed E-state index contributed by atoms with van der Waals surface area (Å²) in [6.07, 6.45) is 0. The molecule has 0 aliphatic carbocycles. The Morgan fingerprint density at radius 1 is 1.57 bits per heavy atom. The number of carbonyl (C=O) groups is 1. The van der Waals surface area contributed by atoms with Crippen LogP contribution < -0.4 is 0 Å². The van der Waals surface area contributed by atoms with Crippen LogP contribution >= 0.6 is 11.3 Å². The van der Waals surface area contributed by atoms with Crippen molar-refractivity contribution in [3.63, 3.8) is 0 Å². The highest BCUT2D eigenvalue weighted by Crippen LogP contribution is 2.32. The van der Waals surface area contributed by atoms with Gasteiger partial charge in [-0.05, 0) is 18.4 Å². The number of thiophene rings is 1. The predicted molar refractivity (Wildman–Crippen MR) is 79.4 cm³/mol. The molecule has 1 N–H and O–H groups in total. The number of rotatable bonds is 4. The third-order valence-corrected chi connectivity index (χ3v) is 4.51. The van der Waals surface area contributed by atoms with Gasteiger partial charge in [-0.3, -0.25) is 9.89 Å². The second-order valence-electron chi connectivity index (χ2n) is 5.32. The maximum absolute atomic E-state index is 12.5. The Kier molecular flexibility index (Phi) is 4.03. The van der Waals surface area contributed by atoms with E-state index in [1.54, 1.807) is 7.11 Å². The Labute approximate surface area is 127 Å². The Balaban J connectivity index is 1.79. The quantitative estimate of drug-likeness (QED) is 0.933. The van der Waals surface area contributed by atoms with Crippen LogP contribution in [-0.4, -0.2) is 52.8 Å². The lowest BCUT2D eigenvalue weighted by Crippen LogP contribution is -2.29. The Bertz CT molecular complexity index is 610. The number of amides is 1. The molecule has 1 amide bonds. The lowest BCUT2D eigenvalue weighted by atomic mass is 9.96. The summed E-state index contributed by atoms with van der Waals surface area (Å²) in [6, 6.07) is 1.86. The lowest BCUT2D eigenvalue weighted by molar-refractivity contribution is 0.0776. The smallest absolute Gasteiger partial charge is 0.254 e. The van der Waals surface area contributed by atoms with Gasteiger partial charge in [-0.15, -0.1) is 0 Å². The fourth-order valence-corrected chi connectivity index (χ4v) is 3.44. The van der Waals surface area contributed by atoms with Crippen LogP contribution in [0, 0.1) is 12.8 Å². The molecule has 1 aliphatic heterocycles. The van der Waals surface area contributed by atoms with E-state index in [9.17, 15) is 4.79 Å². The molecule has 1 fully saturated rings. The highest BCUT2D eigenvalue weighted by Gasteiger charge is 2.38. The van der Waals surface area contributed by atoms with Gasteiger partial charge < -0.3 is 9.64 Å². The van der Waals surface area contributed by atoms with Gasteiger partial charge >= 0.3 is 0 Å². The zero-order valence-electron chi connectivity index (χ0n) is 12.1. The van der Waals surface area contributed by atoms with Gasteiger partial charge in [-0.25, -0.2) is 4.98 Å². The van der Waals surface area contributed by atoms with Gasteiger partial charge in [0.1, 0.15) is 5.82 Å². The van der Waals surface area contributed by atoms with Crippen LogP contribution in [0.15, 0.2) is 16.8 Å². The first-order valence-electron chi connectivity index (χ1n) is 6.88. The standard InChI is InChI=1S/C14H18N4O2S/c1-9-15-13(17-16-9)12-6-18(5-11(12)7-20-2)14(19)10-3-4-21-8-10/h3-4,8,11-12H,5-7H2,1-2H3,(H,15,16,17)/t11-,12+/m0/s1. The highest BCUT2D eigenvalue weighted by molar-refractivity contribution is 7.08. The van der Waals surface area contributed by atoms with Crippen LogP contribution in [-0.2, 0) is 4.74 Å². The summed E-state index contributed by atoms with van der Waals surface area (Å²) in [4.78, 5) is 18.8. The minimum atomic E-state index is 0.0760. The maximum Gasteiger partial charge on any atom is 0.254 e. The average Bonchev–Trinajstić information content (AvgIpc) is 3.17. The molecule has 2 atom stereocenters. The van der Waals surface area contributed by atoms with Gasteiger partial charge in [-0.2, -0.15) is 16.4 Å². The van der Waals surface area contributed by atoms with Gasteiger partial charge in [0.15, 0.2) is 5.82 Å². The van der Waals surface area contributed by atoms with Crippen molar-refractivity contribution in [2.24, 2.45) is 5.92 Å². The summed E-state index contributed by atoms with van der Waals surface area (Å²) in [6.45, 7) is 3.80. The zero-order chi connectivity index (χ0) is 14.8. The number of H-pyrrole nitrogens is 1. The molecule has 3 rings (SSSR count). The van der Waals surface area contributed by atoms with Crippen LogP contribution in [0.1, 0.15) is 27.9 Å². The van der Waals surface area contributed by atoms with Gasteiger partial charge in [0, 0.05) is 37.4 Å². The molecule has 7 heteroatoms. The molecule has 0 aromatic carbocycles. The summed E-state index contributed by atoms with van der Waals surface area (Å²) in [5.74, 6) is 2.00. The van der Waals surface area contributed by atoms with E-state index in [0.717, 1.165) is 17.2 Å². The molecule has 0 radical (unpaired) electrons. The number of aryl methyl sites for hydroxylation is 1. The third kappa shape index (κ3) is 2.84. The fraction of sp³-hybridized carbons (Fsp3) is 0.500. The number of ether oxygens (including phenoxy) is 1. The fourth-order valence-electron chi connectivity index (χ4n) is 2.81. The van der Waals surface area contributed by atoms with Crippen LogP contribution in [0.5, 0.6) is 0 Å². The van der Waals surface area contributed by atoms with Crippen molar-refractivity contribution >= 4 is 17.2 Å².